The van der Waals surface area contributed by atoms with E-state index in [-0.39, 0.29) is 24.0 Å². The highest BCUT2D eigenvalue weighted by Crippen LogP contribution is 2.19. The summed E-state index contributed by atoms with van der Waals surface area (Å²) in [7, 11) is 0. The maximum absolute atomic E-state index is 5.99. The molecule has 1 aromatic heterocycles. The van der Waals surface area contributed by atoms with E-state index in [2.05, 4.69) is 20.4 Å². The summed E-state index contributed by atoms with van der Waals surface area (Å²) < 4.78 is 5.27. The number of aliphatic imine (C=N–C) groups is 1. The van der Waals surface area contributed by atoms with Crippen LogP contribution in [0.2, 0.25) is 5.02 Å². The molecule has 1 heterocycles. The summed E-state index contributed by atoms with van der Waals surface area (Å²) >= 11 is 5.88. The van der Waals surface area contributed by atoms with E-state index in [1.54, 1.807) is 12.1 Å². The van der Waals surface area contributed by atoms with Crippen LogP contribution in [0.25, 0.3) is 11.4 Å². The van der Waals surface area contributed by atoms with Crippen LogP contribution in [0.4, 0.5) is 0 Å². The minimum atomic E-state index is 0. The lowest BCUT2D eigenvalue weighted by Crippen LogP contribution is -2.40. The zero-order chi connectivity index (χ0) is 17.5. The highest BCUT2D eigenvalue weighted by Gasteiger charge is 2.12. The normalized spacial score (nSPS) is 16.0. The van der Waals surface area contributed by atoms with Crippen molar-refractivity contribution in [2.75, 3.05) is 6.54 Å². The molecule has 0 bridgehead atoms. The summed E-state index contributed by atoms with van der Waals surface area (Å²) in [5.74, 6) is 1.61. The smallest absolute Gasteiger partial charge is 0.228 e. The maximum Gasteiger partial charge on any atom is 0.228 e. The molecule has 3 rings (SSSR count). The molecule has 3 N–H and O–H groups in total. The van der Waals surface area contributed by atoms with Crippen LogP contribution >= 0.6 is 35.6 Å². The van der Waals surface area contributed by atoms with Gasteiger partial charge < -0.3 is 15.6 Å². The highest BCUT2D eigenvalue weighted by molar-refractivity contribution is 14.0. The van der Waals surface area contributed by atoms with Crippen molar-refractivity contribution in [1.29, 1.82) is 0 Å². The van der Waals surface area contributed by atoms with Crippen molar-refractivity contribution in [3.8, 4) is 11.4 Å². The summed E-state index contributed by atoms with van der Waals surface area (Å²) in [4.78, 5) is 8.76. The molecular weight excluding hydrogens is 465 g/mol. The van der Waals surface area contributed by atoms with Crippen LogP contribution < -0.4 is 11.1 Å². The molecule has 1 saturated carbocycles. The highest BCUT2D eigenvalue weighted by atomic mass is 127. The van der Waals surface area contributed by atoms with Gasteiger partial charge in [0.05, 0.1) is 6.54 Å². The van der Waals surface area contributed by atoms with E-state index >= 15 is 0 Å². The number of aromatic nitrogens is 2. The Kier molecular flexibility index (Phi) is 8.64. The van der Waals surface area contributed by atoms with Gasteiger partial charge in [-0.15, -0.1) is 24.0 Å². The lowest BCUT2D eigenvalue weighted by molar-refractivity contribution is 0.380. The van der Waals surface area contributed by atoms with E-state index in [4.69, 9.17) is 21.9 Å². The van der Waals surface area contributed by atoms with Crippen molar-refractivity contribution < 1.29 is 4.52 Å². The van der Waals surface area contributed by atoms with Gasteiger partial charge in [0.1, 0.15) is 0 Å². The van der Waals surface area contributed by atoms with Gasteiger partial charge in [-0.1, -0.05) is 42.4 Å². The Morgan fingerprint density at radius 2 is 1.88 bits per heavy atom. The number of nitrogens with one attached hydrogen (secondary N) is 1. The van der Waals surface area contributed by atoms with Gasteiger partial charge >= 0.3 is 0 Å². The van der Waals surface area contributed by atoms with Gasteiger partial charge in [0, 0.05) is 23.0 Å². The number of halogens is 2. The van der Waals surface area contributed by atoms with Crippen LogP contribution in [-0.4, -0.2) is 28.7 Å². The SMILES string of the molecule is I.NC(=NCCc1nc(-c2ccc(Cl)cc2)no1)NC1CCCCCC1. The van der Waals surface area contributed by atoms with Crippen LogP contribution in [0.3, 0.4) is 0 Å². The lowest BCUT2D eigenvalue weighted by Gasteiger charge is -2.16. The first-order valence-electron chi connectivity index (χ1n) is 8.86. The number of hydrogen-bond donors (Lipinski definition) is 2. The monoisotopic (exact) mass is 489 g/mol. The van der Waals surface area contributed by atoms with Crippen LogP contribution in [0.5, 0.6) is 0 Å². The summed E-state index contributed by atoms with van der Waals surface area (Å²) in [6.07, 6.45) is 8.08. The Bertz CT molecular complexity index is 696. The molecule has 1 aromatic carbocycles. The van der Waals surface area contributed by atoms with Gasteiger partial charge in [-0.25, -0.2) is 0 Å². The first-order chi connectivity index (χ1) is 12.2. The second-order valence-corrected chi connectivity index (χ2v) is 6.80. The zero-order valence-corrected chi connectivity index (χ0v) is 17.7. The maximum atomic E-state index is 5.99. The molecule has 0 spiro atoms. The molecule has 2 aromatic rings. The standard InChI is InChI=1S/C18H24ClN5O.HI/c19-14-9-7-13(8-10-14)17-23-16(25-24-17)11-12-21-18(20)22-15-5-3-1-2-4-6-15;/h7-10,15H,1-6,11-12H2,(H3,20,21,22);1H. The third-order valence-electron chi connectivity index (χ3n) is 4.39. The van der Waals surface area contributed by atoms with E-state index in [0.717, 1.165) is 5.56 Å². The summed E-state index contributed by atoms with van der Waals surface area (Å²) in [5.41, 5.74) is 6.86. The van der Waals surface area contributed by atoms with Crippen molar-refractivity contribution in [2.45, 2.75) is 51.0 Å². The minimum Gasteiger partial charge on any atom is -0.370 e. The molecule has 1 fully saturated rings. The molecule has 8 heteroatoms. The predicted molar refractivity (Wildman–Crippen MR) is 115 cm³/mol. The number of nitrogens with zero attached hydrogens (tertiary/aromatic N) is 3. The van der Waals surface area contributed by atoms with Gasteiger partial charge in [-0.2, -0.15) is 4.98 Å². The van der Waals surface area contributed by atoms with E-state index in [1.165, 1.54) is 38.5 Å². The number of hydrogen-bond acceptors (Lipinski definition) is 4. The second kappa shape index (κ2) is 10.7. The Morgan fingerprint density at radius 3 is 2.58 bits per heavy atom. The minimum absolute atomic E-state index is 0. The van der Waals surface area contributed by atoms with Crippen LogP contribution in [0.15, 0.2) is 33.8 Å². The number of rotatable bonds is 5. The molecule has 6 nitrogen and oxygen atoms in total. The first-order valence-corrected chi connectivity index (χ1v) is 9.23. The summed E-state index contributed by atoms with van der Waals surface area (Å²) in [6.45, 7) is 0.522. The van der Waals surface area contributed by atoms with Crippen molar-refractivity contribution in [3.05, 3.63) is 35.2 Å². The molecular formula is C18H25ClIN5O. The van der Waals surface area contributed by atoms with Crippen LogP contribution in [0.1, 0.15) is 44.4 Å². The van der Waals surface area contributed by atoms with E-state index in [0.29, 0.717) is 41.7 Å². The van der Waals surface area contributed by atoms with Crippen LogP contribution in [-0.2, 0) is 6.42 Å². The largest absolute Gasteiger partial charge is 0.370 e. The molecule has 1 aliphatic rings. The average Bonchev–Trinajstić information content (AvgIpc) is 2.92. The van der Waals surface area contributed by atoms with Gasteiger partial charge in [-0.3, -0.25) is 4.99 Å². The van der Waals surface area contributed by atoms with Crippen molar-refractivity contribution in [1.82, 2.24) is 15.5 Å². The average molecular weight is 490 g/mol. The lowest BCUT2D eigenvalue weighted by atomic mass is 10.1. The fraction of sp³-hybridized carbons (Fsp3) is 0.500. The number of guanidine groups is 1. The van der Waals surface area contributed by atoms with Gasteiger partial charge in [0.25, 0.3) is 0 Å². The second-order valence-electron chi connectivity index (χ2n) is 6.37. The molecule has 142 valence electrons. The van der Waals surface area contributed by atoms with E-state index < -0.39 is 0 Å². The van der Waals surface area contributed by atoms with E-state index in [9.17, 15) is 0 Å². The molecule has 26 heavy (non-hydrogen) atoms. The van der Waals surface area contributed by atoms with Gasteiger partial charge in [-0.05, 0) is 37.1 Å². The Hall–Kier alpha value is -1.35. The van der Waals surface area contributed by atoms with Gasteiger partial charge in [0.15, 0.2) is 5.96 Å². The topological polar surface area (TPSA) is 89.3 Å². The summed E-state index contributed by atoms with van der Waals surface area (Å²) in [5, 5.41) is 8.00. The summed E-state index contributed by atoms with van der Waals surface area (Å²) in [6, 6.07) is 7.79. The number of nitrogens with two attached hydrogens (primary N) is 1. The third-order valence-corrected chi connectivity index (χ3v) is 4.64. The molecule has 0 unspecified atom stereocenters. The fourth-order valence-corrected chi connectivity index (χ4v) is 3.15. The van der Waals surface area contributed by atoms with Crippen molar-refractivity contribution >= 4 is 41.5 Å². The molecule has 0 amide bonds. The third kappa shape index (κ3) is 6.42. The Labute approximate surface area is 176 Å². The Balaban J connectivity index is 0.00000243. The fourth-order valence-electron chi connectivity index (χ4n) is 3.02. The first kappa shape index (κ1) is 21.0. The number of benzene rings is 1. The van der Waals surface area contributed by atoms with E-state index in [1.807, 2.05) is 12.1 Å². The van der Waals surface area contributed by atoms with Crippen molar-refractivity contribution in [3.63, 3.8) is 0 Å². The predicted octanol–water partition coefficient (Wildman–Crippen LogP) is 4.18. The molecule has 0 saturated heterocycles. The molecule has 1 aliphatic carbocycles. The molecule has 0 atom stereocenters. The van der Waals surface area contributed by atoms with Crippen molar-refractivity contribution in [2.24, 2.45) is 10.7 Å². The van der Waals surface area contributed by atoms with Crippen LogP contribution in [0, 0.1) is 0 Å². The van der Waals surface area contributed by atoms with Gasteiger partial charge in [0.2, 0.25) is 11.7 Å². The zero-order valence-electron chi connectivity index (χ0n) is 14.7. The quantitative estimate of drug-likeness (QED) is 0.285. The Morgan fingerprint density at radius 1 is 1.19 bits per heavy atom. The molecule has 0 aliphatic heterocycles. The molecule has 0 radical (unpaired) electrons.